The maximum absolute atomic E-state index is 13.6. The van der Waals surface area contributed by atoms with Crippen molar-refractivity contribution in [2.75, 3.05) is 13.2 Å². The Morgan fingerprint density at radius 3 is 2.46 bits per heavy atom. The van der Waals surface area contributed by atoms with Gasteiger partial charge in [0.15, 0.2) is 5.43 Å². The molecule has 2 atom stereocenters. The highest BCUT2D eigenvalue weighted by molar-refractivity contribution is 5.99. The third kappa shape index (κ3) is 4.00. The Balaban J connectivity index is 1.36. The summed E-state index contributed by atoms with van der Waals surface area (Å²) in [6.07, 6.45) is 1.81. The van der Waals surface area contributed by atoms with Gasteiger partial charge in [-0.2, -0.15) is 0 Å². The zero-order chi connectivity index (χ0) is 23.8. The van der Waals surface area contributed by atoms with E-state index in [2.05, 4.69) is 0 Å². The van der Waals surface area contributed by atoms with Crippen LogP contribution in [0.5, 0.6) is 5.75 Å². The molecule has 1 amide bonds. The number of ether oxygens (including phenoxy) is 2. The average Bonchev–Trinajstić information content (AvgIpc) is 3.51. The summed E-state index contributed by atoms with van der Waals surface area (Å²) in [7, 11) is 0. The van der Waals surface area contributed by atoms with E-state index < -0.39 is 6.04 Å². The lowest BCUT2D eigenvalue weighted by molar-refractivity contribution is 0.0486. The monoisotopic (exact) mass is 467 g/mol. The number of hydrogen-bond donors (Lipinski definition) is 0. The largest absolute Gasteiger partial charge is 0.489 e. The Morgan fingerprint density at radius 2 is 1.69 bits per heavy atom. The Labute approximate surface area is 202 Å². The maximum Gasteiger partial charge on any atom is 0.291 e. The topological polar surface area (TPSA) is 69.0 Å². The molecule has 1 fully saturated rings. The number of benzene rings is 3. The first-order valence-electron chi connectivity index (χ1n) is 11.9. The van der Waals surface area contributed by atoms with E-state index in [1.807, 2.05) is 54.6 Å². The number of carbonyl (C=O) groups excluding carboxylic acids is 1. The molecular formula is C29H25NO5. The molecule has 6 heteroatoms. The molecule has 0 saturated carbocycles. The molecule has 1 saturated heterocycles. The molecule has 0 spiro atoms. The lowest BCUT2D eigenvalue weighted by Gasteiger charge is -2.27. The van der Waals surface area contributed by atoms with Gasteiger partial charge in [0, 0.05) is 13.2 Å². The molecule has 3 heterocycles. The molecule has 0 N–H and O–H groups in total. The van der Waals surface area contributed by atoms with Crippen LogP contribution in [-0.4, -0.2) is 30.1 Å². The summed E-state index contributed by atoms with van der Waals surface area (Å²) in [6.45, 7) is 1.57. The predicted molar refractivity (Wildman–Crippen MR) is 132 cm³/mol. The van der Waals surface area contributed by atoms with E-state index in [0.29, 0.717) is 36.3 Å². The fourth-order valence-corrected chi connectivity index (χ4v) is 5.00. The molecule has 6 nitrogen and oxygen atoms in total. The summed E-state index contributed by atoms with van der Waals surface area (Å²) in [5.74, 6) is 0.576. The van der Waals surface area contributed by atoms with E-state index in [-0.39, 0.29) is 23.2 Å². The molecular weight excluding hydrogens is 442 g/mol. The lowest BCUT2D eigenvalue weighted by atomic mass is 9.98. The van der Waals surface area contributed by atoms with Crippen LogP contribution in [0.4, 0.5) is 0 Å². The van der Waals surface area contributed by atoms with Crippen molar-refractivity contribution < 1.29 is 18.7 Å². The van der Waals surface area contributed by atoms with Crippen molar-refractivity contribution in [3.63, 3.8) is 0 Å². The fourth-order valence-electron chi connectivity index (χ4n) is 5.00. The summed E-state index contributed by atoms with van der Waals surface area (Å²) in [5.41, 5.74) is 2.57. The van der Waals surface area contributed by atoms with Gasteiger partial charge in [0.25, 0.3) is 5.91 Å². The Bertz CT molecular complexity index is 1420. The van der Waals surface area contributed by atoms with Gasteiger partial charge in [-0.05, 0) is 48.2 Å². The normalized spacial score (nSPS) is 19.3. The molecule has 0 bridgehead atoms. The quantitative estimate of drug-likeness (QED) is 0.395. The highest BCUT2D eigenvalue weighted by Gasteiger charge is 2.43. The van der Waals surface area contributed by atoms with Crippen molar-refractivity contribution in [1.29, 1.82) is 0 Å². The highest BCUT2D eigenvalue weighted by Crippen LogP contribution is 2.39. The summed E-state index contributed by atoms with van der Waals surface area (Å²) in [6, 6.07) is 24.1. The third-order valence-electron chi connectivity index (χ3n) is 6.74. The van der Waals surface area contributed by atoms with Gasteiger partial charge < -0.3 is 18.8 Å². The van der Waals surface area contributed by atoms with Crippen LogP contribution in [0.15, 0.2) is 88.1 Å². The summed E-state index contributed by atoms with van der Waals surface area (Å²) >= 11 is 0. The van der Waals surface area contributed by atoms with Crippen molar-refractivity contribution in [2.24, 2.45) is 0 Å². The van der Waals surface area contributed by atoms with Gasteiger partial charge in [-0.25, -0.2) is 0 Å². The van der Waals surface area contributed by atoms with Crippen LogP contribution >= 0.6 is 0 Å². The van der Waals surface area contributed by atoms with E-state index >= 15 is 0 Å². The molecule has 3 aromatic carbocycles. The van der Waals surface area contributed by atoms with Gasteiger partial charge in [-0.3, -0.25) is 9.59 Å². The average molecular weight is 468 g/mol. The molecule has 35 heavy (non-hydrogen) atoms. The number of rotatable bonds is 6. The van der Waals surface area contributed by atoms with Crippen LogP contribution in [0, 0.1) is 0 Å². The molecule has 2 aliphatic heterocycles. The van der Waals surface area contributed by atoms with Gasteiger partial charge in [0.1, 0.15) is 17.9 Å². The molecule has 4 aromatic rings. The molecule has 176 valence electrons. The molecule has 2 aliphatic rings. The van der Waals surface area contributed by atoms with Crippen LogP contribution in [0.2, 0.25) is 0 Å². The zero-order valence-corrected chi connectivity index (χ0v) is 19.2. The second kappa shape index (κ2) is 9.04. The predicted octanol–water partition coefficient (Wildman–Crippen LogP) is 5.10. The van der Waals surface area contributed by atoms with Crippen molar-refractivity contribution in [1.82, 2.24) is 4.90 Å². The third-order valence-corrected chi connectivity index (χ3v) is 6.74. The number of para-hydroxylation sites is 1. The summed E-state index contributed by atoms with van der Waals surface area (Å²) in [5, 5.41) is 0.478. The molecule has 0 radical (unpaired) electrons. The second-order valence-electron chi connectivity index (χ2n) is 9.01. The van der Waals surface area contributed by atoms with Gasteiger partial charge >= 0.3 is 0 Å². The molecule has 6 rings (SSSR count). The molecule has 0 unspecified atom stereocenters. The van der Waals surface area contributed by atoms with Gasteiger partial charge in [-0.15, -0.1) is 0 Å². The van der Waals surface area contributed by atoms with E-state index in [1.165, 1.54) is 0 Å². The van der Waals surface area contributed by atoms with Crippen LogP contribution in [0.1, 0.15) is 46.1 Å². The number of nitrogens with zero attached hydrogens (tertiary/aromatic N) is 1. The maximum atomic E-state index is 13.6. The zero-order valence-electron chi connectivity index (χ0n) is 19.2. The van der Waals surface area contributed by atoms with Crippen LogP contribution in [-0.2, 0) is 11.3 Å². The van der Waals surface area contributed by atoms with Crippen molar-refractivity contribution in [3.05, 3.63) is 112 Å². The van der Waals surface area contributed by atoms with Gasteiger partial charge in [0.2, 0.25) is 5.76 Å². The highest BCUT2D eigenvalue weighted by atomic mass is 16.5. The Kier molecular flexibility index (Phi) is 5.58. The number of hydrogen-bond acceptors (Lipinski definition) is 5. The molecule has 0 aliphatic carbocycles. The van der Waals surface area contributed by atoms with E-state index in [9.17, 15) is 9.59 Å². The van der Waals surface area contributed by atoms with E-state index in [0.717, 1.165) is 29.7 Å². The van der Waals surface area contributed by atoms with Crippen molar-refractivity contribution >= 4 is 16.9 Å². The van der Waals surface area contributed by atoms with Crippen LogP contribution < -0.4 is 10.2 Å². The number of fused-ring (bicyclic) bond motifs is 2. The van der Waals surface area contributed by atoms with Crippen molar-refractivity contribution in [3.8, 4) is 5.75 Å². The van der Waals surface area contributed by atoms with Gasteiger partial charge in [-0.1, -0.05) is 54.6 Å². The standard InChI is InChI=1S/C29H25NO5/c31-27-23-10-4-5-11-24(23)35-28-25(27)26(30(29(28)32)17-22-9-6-16-33-22)20-12-14-21(15-13-20)34-18-19-7-2-1-3-8-19/h1-5,7-8,10-15,22,26H,6,9,16-18H2/t22-,26-/m1/s1. The Hall–Kier alpha value is -3.90. The molecule has 1 aromatic heterocycles. The first-order chi connectivity index (χ1) is 17.2. The van der Waals surface area contributed by atoms with Crippen LogP contribution in [0.25, 0.3) is 11.0 Å². The lowest BCUT2D eigenvalue weighted by Crippen LogP contribution is -2.36. The second-order valence-corrected chi connectivity index (χ2v) is 9.01. The minimum Gasteiger partial charge on any atom is -0.489 e. The smallest absolute Gasteiger partial charge is 0.291 e. The fraction of sp³-hybridized carbons (Fsp3) is 0.241. The first kappa shape index (κ1) is 21.6. The van der Waals surface area contributed by atoms with Crippen LogP contribution in [0.3, 0.4) is 0 Å². The van der Waals surface area contributed by atoms with E-state index in [1.54, 1.807) is 29.2 Å². The van der Waals surface area contributed by atoms with Gasteiger partial charge in [0.05, 0.1) is 23.1 Å². The summed E-state index contributed by atoms with van der Waals surface area (Å²) < 4.78 is 17.8. The van der Waals surface area contributed by atoms with E-state index in [4.69, 9.17) is 13.9 Å². The minimum atomic E-state index is -0.536. The SMILES string of the molecule is O=C1c2oc3ccccc3c(=O)c2[C@@H](c2ccc(OCc3ccccc3)cc2)N1C[C@H]1CCCO1. The Morgan fingerprint density at radius 1 is 0.914 bits per heavy atom. The van der Waals surface area contributed by atoms with Crippen molar-refractivity contribution in [2.45, 2.75) is 31.6 Å². The minimum absolute atomic E-state index is 0.0474. The number of carbonyl (C=O) groups is 1. The number of amides is 1. The summed E-state index contributed by atoms with van der Waals surface area (Å²) in [4.78, 5) is 28.8. The first-order valence-corrected chi connectivity index (χ1v) is 11.9.